The third kappa shape index (κ3) is 4.21. The topological polar surface area (TPSA) is 63.6 Å². The molecule has 0 aliphatic heterocycles. The summed E-state index contributed by atoms with van der Waals surface area (Å²) in [5.41, 5.74) is 0. The Morgan fingerprint density at radius 1 is 1.29 bits per heavy atom. The van der Waals surface area contributed by atoms with Gasteiger partial charge >= 0.3 is 11.9 Å². The number of carboxylic acid groups (broad SMARTS) is 1. The number of allylic oxidation sites excluding steroid dienone is 2. The molecule has 0 aromatic carbocycles. The Hall–Kier alpha value is -1.32. The highest BCUT2D eigenvalue weighted by Gasteiger charge is 2.34. The van der Waals surface area contributed by atoms with E-state index in [4.69, 9.17) is 9.84 Å². The van der Waals surface area contributed by atoms with E-state index in [9.17, 15) is 9.59 Å². The minimum atomic E-state index is -0.917. The number of carbonyl (C=O) groups excluding carboxylic acids is 1. The molecule has 0 fully saturated rings. The van der Waals surface area contributed by atoms with E-state index in [1.165, 1.54) is 0 Å². The average molecular weight is 240 g/mol. The van der Waals surface area contributed by atoms with Gasteiger partial charge in [-0.15, -0.1) is 0 Å². The Labute approximate surface area is 102 Å². The predicted molar refractivity (Wildman–Crippen MR) is 63.4 cm³/mol. The van der Waals surface area contributed by atoms with Gasteiger partial charge < -0.3 is 9.84 Å². The molecule has 0 spiro atoms. The first-order chi connectivity index (χ1) is 8.02. The van der Waals surface area contributed by atoms with Crippen molar-refractivity contribution in [3.63, 3.8) is 0 Å². The highest BCUT2D eigenvalue weighted by molar-refractivity contribution is 5.81. The lowest BCUT2D eigenvalue weighted by Crippen LogP contribution is -2.32. The molecule has 0 heterocycles. The molecule has 0 amide bonds. The van der Waals surface area contributed by atoms with Crippen LogP contribution in [0, 0.1) is 17.8 Å². The average Bonchev–Trinajstić information content (AvgIpc) is 2.28. The van der Waals surface area contributed by atoms with Crippen LogP contribution < -0.4 is 0 Å². The van der Waals surface area contributed by atoms with Gasteiger partial charge in [0, 0.05) is 0 Å². The lowest BCUT2D eigenvalue weighted by Gasteiger charge is -2.23. The van der Waals surface area contributed by atoms with Crippen LogP contribution in [-0.4, -0.2) is 23.7 Å². The van der Waals surface area contributed by atoms with Gasteiger partial charge in [-0.2, -0.15) is 0 Å². The maximum absolute atomic E-state index is 11.8. The standard InChI is InChI=1S/C13H20O4/c1-9(2)7-8-17-13(16)11-6-4-3-5-10(11)12(14)15/h3-4,9-11H,5-8H2,1-2H3,(H,14,15). The highest BCUT2D eigenvalue weighted by Crippen LogP contribution is 2.27. The molecule has 1 aliphatic carbocycles. The summed E-state index contributed by atoms with van der Waals surface area (Å²) in [6.45, 7) is 4.48. The van der Waals surface area contributed by atoms with Crippen molar-refractivity contribution in [2.45, 2.75) is 33.1 Å². The lowest BCUT2D eigenvalue weighted by atomic mass is 9.83. The Bertz CT molecular complexity index is 307. The summed E-state index contributed by atoms with van der Waals surface area (Å²) < 4.78 is 5.14. The van der Waals surface area contributed by atoms with Gasteiger partial charge in [0.1, 0.15) is 0 Å². The molecular weight excluding hydrogens is 220 g/mol. The van der Waals surface area contributed by atoms with Gasteiger partial charge in [-0.05, 0) is 25.2 Å². The molecule has 17 heavy (non-hydrogen) atoms. The first-order valence-electron chi connectivity index (χ1n) is 6.06. The quantitative estimate of drug-likeness (QED) is 0.591. The minimum absolute atomic E-state index is 0.373. The van der Waals surface area contributed by atoms with Crippen LogP contribution in [0.3, 0.4) is 0 Å². The Kier molecular flexibility index (Phi) is 5.19. The van der Waals surface area contributed by atoms with Crippen LogP contribution in [0.25, 0.3) is 0 Å². The van der Waals surface area contributed by atoms with Crippen LogP contribution in [-0.2, 0) is 14.3 Å². The molecule has 0 aromatic heterocycles. The van der Waals surface area contributed by atoms with E-state index < -0.39 is 17.8 Å². The molecule has 1 rings (SSSR count). The zero-order chi connectivity index (χ0) is 12.8. The molecular formula is C13H20O4. The number of hydrogen-bond acceptors (Lipinski definition) is 3. The molecule has 1 N–H and O–H groups in total. The van der Waals surface area contributed by atoms with Gasteiger partial charge in [0.05, 0.1) is 18.4 Å². The van der Waals surface area contributed by atoms with Crippen molar-refractivity contribution in [1.29, 1.82) is 0 Å². The summed E-state index contributed by atoms with van der Waals surface area (Å²) in [6, 6.07) is 0. The molecule has 0 bridgehead atoms. The van der Waals surface area contributed by atoms with Crippen molar-refractivity contribution in [3.05, 3.63) is 12.2 Å². The summed E-state index contributed by atoms with van der Waals surface area (Å²) in [6.07, 6.45) is 5.37. The largest absolute Gasteiger partial charge is 0.481 e. The molecule has 2 unspecified atom stereocenters. The number of carbonyl (C=O) groups is 2. The molecule has 96 valence electrons. The minimum Gasteiger partial charge on any atom is -0.481 e. The number of rotatable bonds is 5. The van der Waals surface area contributed by atoms with E-state index >= 15 is 0 Å². The van der Waals surface area contributed by atoms with Gasteiger partial charge in [-0.3, -0.25) is 9.59 Å². The molecule has 0 saturated carbocycles. The third-order valence-electron chi connectivity index (χ3n) is 2.99. The fraction of sp³-hybridized carbons (Fsp3) is 0.692. The molecule has 0 radical (unpaired) electrons. The highest BCUT2D eigenvalue weighted by atomic mass is 16.5. The maximum atomic E-state index is 11.8. The monoisotopic (exact) mass is 240 g/mol. The number of carboxylic acids is 1. The van der Waals surface area contributed by atoms with Crippen LogP contribution in [0.4, 0.5) is 0 Å². The van der Waals surface area contributed by atoms with Gasteiger partial charge in [-0.25, -0.2) is 0 Å². The fourth-order valence-corrected chi connectivity index (χ4v) is 1.85. The van der Waals surface area contributed by atoms with Crippen LogP contribution >= 0.6 is 0 Å². The molecule has 2 atom stereocenters. The van der Waals surface area contributed by atoms with E-state index in [-0.39, 0.29) is 5.97 Å². The van der Waals surface area contributed by atoms with Gasteiger partial charge in [0.25, 0.3) is 0 Å². The summed E-state index contributed by atoms with van der Waals surface area (Å²) in [5.74, 6) is -1.97. The van der Waals surface area contributed by atoms with E-state index in [2.05, 4.69) is 13.8 Å². The fourth-order valence-electron chi connectivity index (χ4n) is 1.85. The van der Waals surface area contributed by atoms with Gasteiger partial charge in [0.15, 0.2) is 0 Å². The van der Waals surface area contributed by atoms with Crippen molar-refractivity contribution >= 4 is 11.9 Å². The molecule has 0 aromatic rings. The van der Waals surface area contributed by atoms with Crippen LogP contribution in [0.1, 0.15) is 33.1 Å². The predicted octanol–water partition coefficient (Wildman–Crippen LogP) is 2.24. The molecule has 4 heteroatoms. The van der Waals surface area contributed by atoms with Crippen LogP contribution in [0.5, 0.6) is 0 Å². The SMILES string of the molecule is CC(C)CCOC(=O)C1CC=CCC1C(=O)O. The first kappa shape index (κ1) is 13.7. The first-order valence-corrected chi connectivity index (χ1v) is 6.06. The smallest absolute Gasteiger partial charge is 0.310 e. The van der Waals surface area contributed by atoms with E-state index in [1.54, 1.807) is 0 Å². The second kappa shape index (κ2) is 6.42. The lowest BCUT2D eigenvalue weighted by molar-refractivity contribution is -0.158. The molecule has 4 nitrogen and oxygen atoms in total. The van der Waals surface area contributed by atoms with Crippen molar-refractivity contribution in [2.75, 3.05) is 6.61 Å². The van der Waals surface area contributed by atoms with Crippen molar-refractivity contribution in [1.82, 2.24) is 0 Å². The maximum Gasteiger partial charge on any atom is 0.310 e. The summed E-state index contributed by atoms with van der Waals surface area (Å²) in [7, 11) is 0. The normalized spacial score (nSPS) is 23.7. The van der Waals surface area contributed by atoms with E-state index in [0.717, 1.165) is 6.42 Å². The summed E-state index contributed by atoms with van der Waals surface area (Å²) in [4.78, 5) is 22.8. The number of aliphatic carboxylic acids is 1. The van der Waals surface area contributed by atoms with Gasteiger partial charge in [-0.1, -0.05) is 26.0 Å². The van der Waals surface area contributed by atoms with Crippen molar-refractivity contribution in [2.24, 2.45) is 17.8 Å². The number of hydrogen-bond donors (Lipinski definition) is 1. The second-order valence-electron chi connectivity index (χ2n) is 4.84. The van der Waals surface area contributed by atoms with Crippen LogP contribution in [0.2, 0.25) is 0 Å². The number of esters is 1. The van der Waals surface area contributed by atoms with Gasteiger partial charge in [0.2, 0.25) is 0 Å². The van der Waals surface area contributed by atoms with Crippen molar-refractivity contribution < 1.29 is 19.4 Å². The summed E-state index contributed by atoms with van der Waals surface area (Å²) >= 11 is 0. The van der Waals surface area contributed by atoms with Crippen molar-refractivity contribution in [3.8, 4) is 0 Å². The Morgan fingerprint density at radius 3 is 2.41 bits per heavy atom. The third-order valence-corrected chi connectivity index (χ3v) is 2.99. The zero-order valence-electron chi connectivity index (χ0n) is 10.4. The Morgan fingerprint density at radius 2 is 1.88 bits per heavy atom. The summed E-state index contributed by atoms with van der Waals surface area (Å²) in [5, 5.41) is 9.03. The second-order valence-corrected chi connectivity index (χ2v) is 4.84. The molecule has 1 aliphatic rings. The molecule has 0 saturated heterocycles. The Balaban J connectivity index is 2.48. The van der Waals surface area contributed by atoms with E-state index in [1.807, 2.05) is 12.2 Å². The van der Waals surface area contributed by atoms with E-state index in [0.29, 0.717) is 25.4 Å². The zero-order valence-corrected chi connectivity index (χ0v) is 10.4. The van der Waals surface area contributed by atoms with Crippen LogP contribution in [0.15, 0.2) is 12.2 Å². The number of ether oxygens (including phenoxy) is 1.